The van der Waals surface area contributed by atoms with Gasteiger partial charge in [-0.25, -0.2) is 39.9 Å². The maximum Gasteiger partial charge on any atom is 0.143 e. The zero-order valence-corrected chi connectivity index (χ0v) is 40.0. The molecule has 0 N–H and O–H groups in total. The number of benzene rings is 8. The van der Waals surface area contributed by atoms with Gasteiger partial charge in [-0.15, -0.1) is 0 Å². The first-order valence-electron chi connectivity index (χ1n) is 23.7. The molecule has 0 atom stereocenters. The van der Waals surface area contributed by atoms with Crippen LogP contribution in [0.25, 0.3) is 32.3 Å². The van der Waals surface area contributed by atoms with Crippen LogP contribution in [0.15, 0.2) is 208 Å². The minimum atomic E-state index is 0.756. The van der Waals surface area contributed by atoms with Crippen LogP contribution in [-0.4, -0.2) is 39.9 Å². The minimum Gasteiger partial charge on any atom is -0.294 e. The summed E-state index contributed by atoms with van der Waals surface area (Å²) in [6.07, 6.45) is 14.0. The lowest BCUT2D eigenvalue weighted by atomic mass is 9.89. The van der Waals surface area contributed by atoms with Crippen LogP contribution in [-0.2, 0) is 0 Å². The monoisotopic (exact) mass is 934 g/mol. The molecule has 12 aromatic rings. The molecule has 12 heteroatoms. The van der Waals surface area contributed by atoms with Crippen molar-refractivity contribution in [1.82, 2.24) is 39.9 Å². The van der Waals surface area contributed by atoms with E-state index >= 15 is 0 Å². The summed E-state index contributed by atoms with van der Waals surface area (Å²) < 4.78 is 0. The van der Waals surface area contributed by atoms with Gasteiger partial charge in [0.15, 0.2) is 0 Å². The zero-order chi connectivity index (χ0) is 48.7. The van der Waals surface area contributed by atoms with Crippen LogP contribution in [0.5, 0.6) is 0 Å². The predicted molar refractivity (Wildman–Crippen MR) is 290 cm³/mol. The van der Waals surface area contributed by atoms with Crippen LogP contribution in [0.2, 0.25) is 0 Å². The molecule has 346 valence electrons. The number of hydrogen-bond acceptors (Lipinski definition) is 12. The number of aromatic nitrogens is 8. The zero-order valence-electron chi connectivity index (χ0n) is 40.0. The molecule has 4 heterocycles. The summed E-state index contributed by atoms with van der Waals surface area (Å²) in [6.45, 7) is 8.23. The Hall–Kier alpha value is -9.68. The van der Waals surface area contributed by atoms with Gasteiger partial charge in [0.25, 0.3) is 0 Å². The molecule has 0 aliphatic heterocycles. The van der Waals surface area contributed by atoms with E-state index in [0.717, 1.165) is 123 Å². The van der Waals surface area contributed by atoms with Gasteiger partial charge in [0, 0.05) is 102 Å². The molecule has 0 saturated heterocycles. The highest BCUT2D eigenvalue weighted by Crippen LogP contribution is 2.55. The van der Waals surface area contributed by atoms with Crippen molar-refractivity contribution in [3.63, 3.8) is 0 Å². The molecule has 0 aliphatic rings. The van der Waals surface area contributed by atoms with Crippen LogP contribution in [0, 0.1) is 27.7 Å². The maximum atomic E-state index is 5.01. The lowest BCUT2D eigenvalue weighted by Gasteiger charge is -2.34. The average molecular weight is 935 g/mol. The fourth-order valence-corrected chi connectivity index (χ4v) is 9.98. The van der Waals surface area contributed by atoms with Crippen molar-refractivity contribution in [2.75, 3.05) is 19.6 Å². The Labute approximate surface area is 416 Å². The number of para-hydroxylation sites is 4. The van der Waals surface area contributed by atoms with Gasteiger partial charge in [0.05, 0.1) is 22.7 Å². The Balaban J connectivity index is 1.31. The van der Waals surface area contributed by atoms with E-state index in [-0.39, 0.29) is 0 Å². The second kappa shape index (κ2) is 18.3. The van der Waals surface area contributed by atoms with Crippen molar-refractivity contribution in [1.29, 1.82) is 0 Å². The summed E-state index contributed by atoms with van der Waals surface area (Å²) in [5, 5.41) is 6.13. The van der Waals surface area contributed by atoms with Gasteiger partial charge >= 0.3 is 0 Å². The van der Waals surface area contributed by atoms with Gasteiger partial charge in [-0.1, -0.05) is 97.1 Å². The second-order valence-corrected chi connectivity index (χ2v) is 17.7. The highest BCUT2D eigenvalue weighted by molar-refractivity contribution is 6.33. The fourth-order valence-electron chi connectivity index (χ4n) is 9.98. The first-order chi connectivity index (χ1) is 35.4. The number of anilines is 12. The minimum absolute atomic E-state index is 0.756. The molecule has 0 amide bonds. The van der Waals surface area contributed by atoms with Crippen LogP contribution >= 0.6 is 0 Å². The van der Waals surface area contributed by atoms with Crippen LogP contribution in [0.1, 0.15) is 22.3 Å². The molecule has 0 saturated carbocycles. The fraction of sp³-hybridized carbons (Fsp3) is 0.0667. The Kier molecular flexibility index (Phi) is 11.1. The summed E-state index contributed by atoms with van der Waals surface area (Å²) in [5.74, 6) is 3.03. The van der Waals surface area contributed by atoms with Gasteiger partial charge < -0.3 is 0 Å². The van der Waals surface area contributed by atoms with E-state index in [1.54, 1.807) is 25.3 Å². The number of aryl methyl sites for hydroxylation is 4. The van der Waals surface area contributed by atoms with Crippen LogP contribution < -0.4 is 19.6 Å². The van der Waals surface area contributed by atoms with Crippen molar-refractivity contribution in [3.8, 4) is 0 Å². The molecule has 12 rings (SSSR count). The molecule has 0 spiro atoms. The molecule has 0 aliphatic carbocycles. The summed E-state index contributed by atoms with van der Waals surface area (Å²) in [4.78, 5) is 46.9. The molecule has 72 heavy (non-hydrogen) atoms. The summed E-state index contributed by atoms with van der Waals surface area (Å²) >= 11 is 0. The normalized spacial score (nSPS) is 11.3. The standard InChI is InChI=1S/C60H46N12/c1-39-31-61-35-65-57(39)69(43-17-9-5-10-18-43)51-29-52(70(44-19-11-6-12-20-44)58-40(2)32-62-36-66-58)48-27-28-50-54(72(46-23-15-8-16-24-46)60-42(4)34-64-38-68-60)30-53(49-26-25-47(51)55(48)56(49)50)71(45-21-13-7-14-22-45)59-41(3)33-63-37-67-59/h5-38H,1-4H3. The van der Waals surface area contributed by atoms with Gasteiger partial charge in [0.2, 0.25) is 0 Å². The molecule has 0 radical (unpaired) electrons. The van der Waals surface area contributed by atoms with Crippen molar-refractivity contribution in [2.45, 2.75) is 27.7 Å². The molecule has 0 unspecified atom stereocenters. The van der Waals surface area contributed by atoms with Gasteiger partial charge in [-0.05, 0) is 88.4 Å². The third kappa shape index (κ3) is 7.49. The van der Waals surface area contributed by atoms with Crippen molar-refractivity contribution < 1.29 is 0 Å². The van der Waals surface area contributed by atoms with Crippen molar-refractivity contribution >= 4 is 101 Å². The largest absolute Gasteiger partial charge is 0.294 e. The number of rotatable bonds is 12. The molecule has 8 aromatic carbocycles. The van der Waals surface area contributed by atoms with Crippen molar-refractivity contribution in [3.05, 3.63) is 230 Å². The van der Waals surface area contributed by atoms with Gasteiger partial charge in [-0.3, -0.25) is 19.6 Å². The lowest BCUT2D eigenvalue weighted by Crippen LogP contribution is -2.18. The lowest BCUT2D eigenvalue weighted by molar-refractivity contribution is 1.07. The maximum absolute atomic E-state index is 5.01. The Morgan fingerprint density at radius 1 is 0.278 bits per heavy atom. The summed E-state index contributed by atoms with van der Waals surface area (Å²) in [7, 11) is 0. The highest BCUT2D eigenvalue weighted by atomic mass is 15.2. The van der Waals surface area contributed by atoms with E-state index in [2.05, 4.69) is 201 Å². The Morgan fingerprint density at radius 3 is 0.708 bits per heavy atom. The molecular formula is C60H46N12. The summed E-state index contributed by atoms with van der Waals surface area (Å²) in [6, 6.07) is 55.3. The predicted octanol–water partition coefficient (Wildman–Crippen LogP) is 14.9. The number of nitrogens with zero attached hydrogens (tertiary/aromatic N) is 12. The molecule has 4 aromatic heterocycles. The van der Waals surface area contributed by atoms with E-state index in [9.17, 15) is 0 Å². The smallest absolute Gasteiger partial charge is 0.143 e. The van der Waals surface area contributed by atoms with Crippen LogP contribution in [0.4, 0.5) is 68.8 Å². The number of hydrogen-bond donors (Lipinski definition) is 0. The molecule has 0 fully saturated rings. The third-order valence-corrected chi connectivity index (χ3v) is 13.2. The topological polar surface area (TPSA) is 116 Å². The quantitative estimate of drug-likeness (QED) is 0.109. The van der Waals surface area contributed by atoms with E-state index in [1.165, 1.54) is 0 Å². The van der Waals surface area contributed by atoms with E-state index in [0.29, 0.717) is 0 Å². The Morgan fingerprint density at radius 2 is 0.500 bits per heavy atom. The average Bonchev–Trinajstić information content (AvgIpc) is 3.42. The SMILES string of the molecule is Cc1cncnc1N(c1ccccc1)c1cc(N(c2ccccc2)c2ncncc2C)c2ccc3c(N(c4ccccc4)c4ncncc4C)cc(N(c4ccccc4)c4ncncc4C)c4ccc1c2c43. The van der Waals surface area contributed by atoms with E-state index in [1.807, 2.05) is 49.1 Å². The Bertz CT molecular complexity index is 3390. The second-order valence-electron chi connectivity index (χ2n) is 17.7. The van der Waals surface area contributed by atoms with Crippen LogP contribution in [0.3, 0.4) is 0 Å². The third-order valence-electron chi connectivity index (χ3n) is 13.2. The van der Waals surface area contributed by atoms with E-state index in [4.69, 9.17) is 19.9 Å². The van der Waals surface area contributed by atoms with E-state index < -0.39 is 0 Å². The van der Waals surface area contributed by atoms with Crippen molar-refractivity contribution in [2.24, 2.45) is 0 Å². The molecule has 0 bridgehead atoms. The van der Waals surface area contributed by atoms with Gasteiger partial charge in [-0.2, -0.15) is 0 Å². The first-order valence-corrected chi connectivity index (χ1v) is 23.7. The summed E-state index contributed by atoms with van der Waals surface area (Å²) in [5.41, 5.74) is 11.1. The highest BCUT2D eigenvalue weighted by Gasteiger charge is 2.31. The first kappa shape index (κ1) is 43.6. The van der Waals surface area contributed by atoms with Gasteiger partial charge in [0.1, 0.15) is 48.6 Å². The molecular weight excluding hydrogens is 889 g/mol. The molecule has 12 nitrogen and oxygen atoms in total.